The molecule has 1 aromatic heterocycles. The lowest BCUT2D eigenvalue weighted by atomic mass is 10.1. The highest BCUT2D eigenvalue weighted by Gasteiger charge is 2.14. The minimum absolute atomic E-state index is 0.0600. The highest BCUT2D eigenvalue weighted by atomic mass is 16.2. The number of benzene rings is 1. The Bertz CT molecular complexity index is 654. The smallest absolute Gasteiger partial charge is 0.255 e. The number of pyridine rings is 1. The molecule has 0 atom stereocenters. The van der Waals surface area contributed by atoms with Gasteiger partial charge in [0.05, 0.1) is 5.56 Å². The van der Waals surface area contributed by atoms with Gasteiger partial charge >= 0.3 is 0 Å². The highest BCUT2D eigenvalue weighted by Crippen LogP contribution is 2.23. The molecular formula is C20H27N3O. The zero-order valence-electron chi connectivity index (χ0n) is 15.1. The predicted octanol–water partition coefficient (Wildman–Crippen LogP) is 4.70. The molecule has 2 aromatic rings. The molecule has 0 fully saturated rings. The molecule has 0 unspecified atom stereocenters. The molecule has 0 radical (unpaired) electrons. The maximum atomic E-state index is 12.6. The maximum Gasteiger partial charge on any atom is 0.255 e. The number of aromatic nitrogens is 1. The van der Waals surface area contributed by atoms with Crippen molar-refractivity contribution in [2.75, 3.05) is 18.4 Å². The number of para-hydroxylation sites is 1. The van der Waals surface area contributed by atoms with Gasteiger partial charge in [-0.05, 0) is 49.9 Å². The van der Waals surface area contributed by atoms with Crippen LogP contribution < -0.4 is 5.32 Å². The first-order valence-electron chi connectivity index (χ1n) is 8.65. The van der Waals surface area contributed by atoms with E-state index >= 15 is 0 Å². The van der Waals surface area contributed by atoms with E-state index in [-0.39, 0.29) is 5.91 Å². The van der Waals surface area contributed by atoms with Crippen molar-refractivity contribution in [3.63, 3.8) is 0 Å². The predicted molar refractivity (Wildman–Crippen MR) is 99.9 cm³/mol. The highest BCUT2D eigenvalue weighted by molar-refractivity contribution is 5.94. The second kappa shape index (κ2) is 8.48. The number of aryl methyl sites for hydroxylation is 2. The summed E-state index contributed by atoms with van der Waals surface area (Å²) < 4.78 is 0. The van der Waals surface area contributed by atoms with E-state index in [1.165, 1.54) is 11.1 Å². The summed E-state index contributed by atoms with van der Waals surface area (Å²) in [7, 11) is 0. The van der Waals surface area contributed by atoms with E-state index in [1.54, 1.807) is 6.20 Å². The van der Waals surface area contributed by atoms with Crippen molar-refractivity contribution in [1.29, 1.82) is 0 Å². The van der Waals surface area contributed by atoms with Crippen molar-refractivity contribution < 1.29 is 4.79 Å². The van der Waals surface area contributed by atoms with Crippen LogP contribution in [0.1, 0.15) is 48.2 Å². The van der Waals surface area contributed by atoms with Gasteiger partial charge in [-0.25, -0.2) is 4.98 Å². The molecule has 4 nitrogen and oxygen atoms in total. The van der Waals surface area contributed by atoms with Crippen LogP contribution in [0.15, 0.2) is 36.5 Å². The second-order valence-corrected chi connectivity index (χ2v) is 6.12. The van der Waals surface area contributed by atoms with Crippen molar-refractivity contribution in [2.45, 2.75) is 40.5 Å². The number of carbonyl (C=O) groups is 1. The van der Waals surface area contributed by atoms with Crippen molar-refractivity contribution in [3.8, 4) is 0 Å². The molecule has 4 heteroatoms. The number of nitrogens with zero attached hydrogens (tertiary/aromatic N) is 2. The van der Waals surface area contributed by atoms with Gasteiger partial charge in [0.2, 0.25) is 0 Å². The van der Waals surface area contributed by atoms with E-state index in [0.29, 0.717) is 5.56 Å². The van der Waals surface area contributed by atoms with Gasteiger partial charge in [-0.2, -0.15) is 0 Å². The van der Waals surface area contributed by atoms with E-state index in [0.717, 1.165) is 37.4 Å². The fourth-order valence-corrected chi connectivity index (χ4v) is 2.77. The van der Waals surface area contributed by atoms with Crippen LogP contribution in [0, 0.1) is 13.8 Å². The lowest BCUT2D eigenvalue weighted by Gasteiger charge is -2.21. The molecule has 1 amide bonds. The molecule has 0 aliphatic heterocycles. The van der Waals surface area contributed by atoms with Crippen molar-refractivity contribution in [1.82, 2.24) is 9.88 Å². The molecule has 0 aliphatic rings. The van der Waals surface area contributed by atoms with Crippen LogP contribution in [-0.4, -0.2) is 28.9 Å². The van der Waals surface area contributed by atoms with Crippen LogP contribution in [0.25, 0.3) is 0 Å². The fourth-order valence-electron chi connectivity index (χ4n) is 2.77. The fraction of sp³-hybridized carbons (Fsp3) is 0.400. The van der Waals surface area contributed by atoms with Gasteiger partial charge in [0.1, 0.15) is 5.82 Å². The van der Waals surface area contributed by atoms with Gasteiger partial charge in [-0.1, -0.05) is 32.0 Å². The summed E-state index contributed by atoms with van der Waals surface area (Å²) in [5, 5.41) is 3.35. The quantitative estimate of drug-likeness (QED) is 0.802. The monoisotopic (exact) mass is 325 g/mol. The number of hydrogen-bond donors (Lipinski definition) is 1. The van der Waals surface area contributed by atoms with Crippen LogP contribution in [0.5, 0.6) is 0 Å². The molecule has 1 N–H and O–H groups in total. The number of anilines is 2. The number of rotatable bonds is 7. The first kappa shape index (κ1) is 18.0. The Hall–Kier alpha value is -2.36. The van der Waals surface area contributed by atoms with Crippen LogP contribution in [-0.2, 0) is 0 Å². The molecule has 2 rings (SSSR count). The average molecular weight is 325 g/mol. The van der Waals surface area contributed by atoms with Gasteiger partial charge in [-0.3, -0.25) is 4.79 Å². The molecule has 0 aliphatic carbocycles. The number of amides is 1. The lowest BCUT2D eigenvalue weighted by Crippen LogP contribution is -2.32. The van der Waals surface area contributed by atoms with Crippen LogP contribution >= 0.6 is 0 Å². The van der Waals surface area contributed by atoms with E-state index in [2.05, 4.69) is 50.1 Å². The van der Waals surface area contributed by atoms with E-state index in [1.807, 2.05) is 23.1 Å². The van der Waals surface area contributed by atoms with E-state index in [4.69, 9.17) is 0 Å². The van der Waals surface area contributed by atoms with Gasteiger partial charge in [-0.15, -0.1) is 0 Å². The van der Waals surface area contributed by atoms with Crippen molar-refractivity contribution in [2.24, 2.45) is 0 Å². The van der Waals surface area contributed by atoms with Crippen LogP contribution in [0.2, 0.25) is 0 Å². The molecule has 24 heavy (non-hydrogen) atoms. The summed E-state index contributed by atoms with van der Waals surface area (Å²) in [6.45, 7) is 9.89. The normalized spacial score (nSPS) is 10.5. The standard InChI is InChI=1S/C20H27N3O/c1-5-12-23(13-6-2)20(24)17-10-11-18(21-14-17)22-19-15(3)8-7-9-16(19)4/h7-11,14H,5-6,12-13H2,1-4H3,(H,21,22). The largest absolute Gasteiger partial charge is 0.340 e. The minimum atomic E-state index is 0.0600. The molecule has 1 heterocycles. The average Bonchev–Trinajstić information content (AvgIpc) is 2.58. The molecule has 128 valence electrons. The molecule has 0 spiro atoms. The number of nitrogens with one attached hydrogen (secondary N) is 1. The molecule has 0 bridgehead atoms. The molecular weight excluding hydrogens is 298 g/mol. The summed E-state index contributed by atoms with van der Waals surface area (Å²) in [5.74, 6) is 0.811. The Morgan fingerprint density at radius 3 is 2.17 bits per heavy atom. The summed E-state index contributed by atoms with van der Waals surface area (Å²) in [4.78, 5) is 18.9. The zero-order chi connectivity index (χ0) is 17.5. The third-order valence-electron chi connectivity index (χ3n) is 4.02. The third kappa shape index (κ3) is 4.34. The minimum Gasteiger partial charge on any atom is -0.340 e. The number of hydrogen-bond acceptors (Lipinski definition) is 3. The zero-order valence-corrected chi connectivity index (χ0v) is 15.1. The van der Waals surface area contributed by atoms with Crippen LogP contribution in [0.4, 0.5) is 11.5 Å². The van der Waals surface area contributed by atoms with Gasteiger partial charge < -0.3 is 10.2 Å². The Morgan fingerprint density at radius 1 is 1.04 bits per heavy atom. The van der Waals surface area contributed by atoms with Gasteiger partial charge in [0.25, 0.3) is 5.91 Å². The first-order chi connectivity index (χ1) is 11.6. The summed E-state index contributed by atoms with van der Waals surface area (Å²) in [5.41, 5.74) is 4.06. The van der Waals surface area contributed by atoms with Gasteiger partial charge in [0.15, 0.2) is 0 Å². The topological polar surface area (TPSA) is 45.2 Å². The molecule has 0 saturated heterocycles. The molecule has 1 aromatic carbocycles. The second-order valence-electron chi connectivity index (χ2n) is 6.12. The third-order valence-corrected chi connectivity index (χ3v) is 4.02. The van der Waals surface area contributed by atoms with Crippen molar-refractivity contribution in [3.05, 3.63) is 53.2 Å². The maximum absolute atomic E-state index is 12.6. The number of carbonyl (C=O) groups excluding carboxylic acids is 1. The summed E-state index contributed by atoms with van der Waals surface area (Å²) >= 11 is 0. The molecule has 0 saturated carbocycles. The Balaban J connectivity index is 2.14. The van der Waals surface area contributed by atoms with E-state index < -0.39 is 0 Å². The first-order valence-corrected chi connectivity index (χ1v) is 8.65. The SMILES string of the molecule is CCCN(CCC)C(=O)c1ccc(Nc2c(C)cccc2C)nc1. The van der Waals surface area contributed by atoms with Crippen molar-refractivity contribution >= 4 is 17.4 Å². The van der Waals surface area contributed by atoms with Gasteiger partial charge in [0, 0.05) is 25.0 Å². The van der Waals surface area contributed by atoms with E-state index in [9.17, 15) is 4.79 Å². The summed E-state index contributed by atoms with van der Waals surface area (Å²) in [6, 6.07) is 9.90. The summed E-state index contributed by atoms with van der Waals surface area (Å²) in [6.07, 6.45) is 3.59. The Morgan fingerprint density at radius 2 is 1.67 bits per heavy atom. The van der Waals surface area contributed by atoms with Crippen LogP contribution in [0.3, 0.4) is 0 Å². The lowest BCUT2D eigenvalue weighted by molar-refractivity contribution is 0.0755. The Labute approximate surface area is 144 Å². The Kier molecular flexibility index (Phi) is 6.36.